The van der Waals surface area contributed by atoms with Crippen LogP contribution >= 0.6 is 15.9 Å². The van der Waals surface area contributed by atoms with E-state index in [-0.39, 0.29) is 17.1 Å². The van der Waals surface area contributed by atoms with Crippen LogP contribution in [-0.4, -0.2) is 19.9 Å². The zero-order valence-electron chi connectivity index (χ0n) is 12.6. The van der Waals surface area contributed by atoms with E-state index in [0.717, 1.165) is 4.47 Å². The summed E-state index contributed by atoms with van der Waals surface area (Å²) in [6.45, 7) is 3.41. The number of benzene rings is 2. The average Bonchev–Trinajstić information content (AvgIpc) is 2.49. The molecule has 6 nitrogen and oxygen atoms in total. The maximum Gasteiger partial charge on any atom is 0.274 e. The molecule has 0 heterocycles. The van der Waals surface area contributed by atoms with Crippen LogP contribution in [0.1, 0.15) is 12.5 Å². The van der Waals surface area contributed by atoms with Crippen molar-refractivity contribution in [3.63, 3.8) is 0 Å². The molecule has 2 aromatic carbocycles. The Morgan fingerprint density at radius 2 is 1.78 bits per heavy atom. The van der Waals surface area contributed by atoms with Crippen molar-refractivity contribution in [2.24, 2.45) is 0 Å². The molecule has 0 aliphatic carbocycles. The maximum absolute atomic E-state index is 12.8. The van der Waals surface area contributed by atoms with Crippen molar-refractivity contribution >= 4 is 37.3 Å². The van der Waals surface area contributed by atoms with E-state index in [2.05, 4.69) is 15.9 Å². The molecular weight excluding hydrogens is 384 g/mol. The lowest BCUT2D eigenvalue weighted by Crippen LogP contribution is -2.31. The van der Waals surface area contributed by atoms with E-state index in [4.69, 9.17) is 0 Å². The van der Waals surface area contributed by atoms with Crippen LogP contribution in [0.15, 0.2) is 51.8 Å². The van der Waals surface area contributed by atoms with Crippen LogP contribution in [0.2, 0.25) is 0 Å². The fraction of sp³-hybridized carbons (Fsp3) is 0.200. The Labute approximate surface area is 143 Å². The smallest absolute Gasteiger partial charge is 0.266 e. The second kappa shape index (κ2) is 6.67. The molecule has 2 aromatic rings. The minimum atomic E-state index is -3.80. The Hall–Kier alpha value is -1.93. The Balaban J connectivity index is 2.58. The van der Waals surface area contributed by atoms with Gasteiger partial charge in [-0.1, -0.05) is 22.0 Å². The highest BCUT2D eigenvalue weighted by atomic mass is 79.9. The van der Waals surface area contributed by atoms with Gasteiger partial charge in [0.05, 0.1) is 21.1 Å². The summed E-state index contributed by atoms with van der Waals surface area (Å²) in [6.07, 6.45) is 0. The first-order valence-electron chi connectivity index (χ1n) is 6.81. The second-order valence-corrected chi connectivity index (χ2v) is 7.58. The van der Waals surface area contributed by atoms with Crippen molar-refractivity contribution < 1.29 is 13.3 Å². The molecule has 0 aliphatic rings. The molecule has 122 valence electrons. The Kier molecular flexibility index (Phi) is 5.06. The van der Waals surface area contributed by atoms with Crippen molar-refractivity contribution in [1.82, 2.24) is 0 Å². The van der Waals surface area contributed by atoms with E-state index >= 15 is 0 Å². The number of halogens is 1. The highest BCUT2D eigenvalue weighted by Crippen LogP contribution is 2.32. The third-order valence-electron chi connectivity index (χ3n) is 3.43. The Bertz CT molecular complexity index is 835. The first-order valence-corrected chi connectivity index (χ1v) is 9.04. The normalized spacial score (nSPS) is 11.3. The Morgan fingerprint density at radius 1 is 1.17 bits per heavy atom. The number of nitro benzene ring substituents is 1. The monoisotopic (exact) mass is 398 g/mol. The van der Waals surface area contributed by atoms with E-state index in [1.54, 1.807) is 32.0 Å². The van der Waals surface area contributed by atoms with Gasteiger partial charge in [-0.2, -0.15) is 0 Å². The molecule has 0 saturated carbocycles. The summed E-state index contributed by atoms with van der Waals surface area (Å²) in [5.41, 5.74) is 0.525. The number of nitrogens with zero attached hydrogens (tertiary/aromatic N) is 2. The quantitative estimate of drug-likeness (QED) is 0.565. The van der Waals surface area contributed by atoms with Crippen LogP contribution in [0.25, 0.3) is 0 Å². The predicted octanol–water partition coefficient (Wildman–Crippen LogP) is 3.88. The van der Waals surface area contributed by atoms with Gasteiger partial charge < -0.3 is 0 Å². The van der Waals surface area contributed by atoms with Crippen molar-refractivity contribution in [3.8, 4) is 0 Å². The van der Waals surface area contributed by atoms with Crippen LogP contribution in [0.5, 0.6) is 0 Å². The minimum Gasteiger partial charge on any atom is -0.266 e. The Morgan fingerprint density at radius 3 is 2.30 bits per heavy atom. The molecular formula is C15H15BrN2O4S. The summed E-state index contributed by atoms with van der Waals surface area (Å²) < 4.78 is 27.6. The molecule has 0 aromatic heterocycles. The van der Waals surface area contributed by atoms with Crippen molar-refractivity contribution in [3.05, 3.63) is 62.6 Å². The first-order chi connectivity index (χ1) is 10.8. The van der Waals surface area contributed by atoms with Gasteiger partial charge in [-0.15, -0.1) is 0 Å². The molecule has 2 rings (SSSR count). The van der Waals surface area contributed by atoms with Crippen molar-refractivity contribution in [1.29, 1.82) is 0 Å². The number of hydrogen-bond acceptors (Lipinski definition) is 4. The van der Waals surface area contributed by atoms with E-state index in [1.807, 2.05) is 0 Å². The number of hydrogen-bond donors (Lipinski definition) is 0. The molecule has 23 heavy (non-hydrogen) atoms. The minimum absolute atomic E-state index is 0.105. The lowest BCUT2D eigenvalue weighted by Gasteiger charge is -2.24. The fourth-order valence-corrected chi connectivity index (χ4v) is 4.08. The SMILES string of the molecule is CCN(c1cccc([N+](=O)[O-])c1C)S(=O)(=O)c1ccc(Br)cc1. The van der Waals surface area contributed by atoms with Crippen LogP contribution < -0.4 is 4.31 Å². The second-order valence-electron chi connectivity index (χ2n) is 4.80. The topological polar surface area (TPSA) is 80.5 Å². The molecule has 0 radical (unpaired) electrons. The molecule has 0 amide bonds. The summed E-state index contributed by atoms with van der Waals surface area (Å²) in [6, 6.07) is 10.7. The third-order valence-corrected chi connectivity index (χ3v) is 5.86. The standard InChI is InChI=1S/C15H15BrN2O4S/c1-3-17(14-5-4-6-15(11(14)2)18(19)20)23(21,22)13-9-7-12(16)8-10-13/h4-10H,3H2,1-2H3. The fourth-order valence-electron chi connectivity index (χ4n) is 2.28. The van der Waals surface area contributed by atoms with E-state index in [1.165, 1.54) is 28.6 Å². The van der Waals surface area contributed by atoms with Gasteiger partial charge in [-0.05, 0) is 44.2 Å². The molecule has 8 heteroatoms. The largest absolute Gasteiger partial charge is 0.274 e. The van der Waals surface area contributed by atoms with Gasteiger partial charge in [0, 0.05) is 17.1 Å². The van der Waals surface area contributed by atoms with Gasteiger partial charge in [0.15, 0.2) is 0 Å². The van der Waals surface area contributed by atoms with Gasteiger partial charge in [-0.3, -0.25) is 14.4 Å². The highest BCUT2D eigenvalue weighted by molar-refractivity contribution is 9.10. The molecule has 0 N–H and O–H groups in total. The van der Waals surface area contributed by atoms with E-state index in [9.17, 15) is 18.5 Å². The van der Waals surface area contributed by atoms with Gasteiger partial charge in [0.25, 0.3) is 15.7 Å². The molecule has 0 saturated heterocycles. The van der Waals surface area contributed by atoms with Crippen molar-refractivity contribution in [2.75, 3.05) is 10.8 Å². The van der Waals surface area contributed by atoms with Crippen LogP contribution in [0.4, 0.5) is 11.4 Å². The lowest BCUT2D eigenvalue weighted by atomic mass is 10.1. The molecule has 0 atom stereocenters. The summed E-state index contributed by atoms with van der Waals surface area (Å²) in [7, 11) is -3.80. The lowest BCUT2D eigenvalue weighted by molar-refractivity contribution is -0.385. The molecule has 0 unspecified atom stereocenters. The predicted molar refractivity (Wildman–Crippen MR) is 92.2 cm³/mol. The summed E-state index contributed by atoms with van der Waals surface area (Å²) >= 11 is 3.26. The third kappa shape index (κ3) is 3.37. The van der Waals surface area contributed by atoms with Crippen LogP contribution in [-0.2, 0) is 10.0 Å². The van der Waals surface area contributed by atoms with Gasteiger partial charge >= 0.3 is 0 Å². The molecule has 0 bridgehead atoms. The van der Waals surface area contributed by atoms with Crippen LogP contribution in [0.3, 0.4) is 0 Å². The molecule has 0 spiro atoms. The van der Waals surface area contributed by atoms with Crippen molar-refractivity contribution in [2.45, 2.75) is 18.7 Å². The summed E-state index contributed by atoms with van der Waals surface area (Å²) in [5.74, 6) is 0. The number of anilines is 1. The number of nitro groups is 1. The van der Waals surface area contributed by atoms with E-state index < -0.39 is 14.9 Å². The molecule has 0 fully saturated rings. The summed E-state index contributed by atoms with van der Waals surface area (Å²) in [5, 5.41) is 11.1. The van der Waals surface area contributed by atoms with Crippen LogP contribution in [0, 0.1) is 17.0 Å². The van der Waals surface area contributed by atoms with Gasteiger partial charge in [0.2, 0.25) is 0 Å². The number of sulfonamides is 1. The average molecular weight is 399 g/mol. The maximum atomic E-state index is 12.8. The van der Waals surface area contributed by atoms with Gasteiger partial charge in [0.1, 0.15) is 0 Å². The summed E-state index contributed by atoms with van der Waals surface area (Å²) in [4.78, 5) is 10.7. The molecule has 0 aliphatic heterocycles. The zero-order chi connectivity index (χ0) is 17.2. The first kappa shape index (κ1) is 17.4. The number of rotatable bonds is 5. The zero-order valence-corrected chi connectivity index (χ0v) is 15.0. The van der Waals surface area contributed by atoms with E-state index in [0.29, 0.717) is 11.3 Å². The highest BCUT2D eigenvalue weighted by Gasteiger charge is 2.27. The van der Waals surface area contributed by atoms with Gasteiger partial charge in [-0.25, -0.2) is 8.42 Å².